The zero-order valence-corrected chi connectivity index (χ0v) is 22.2. The first-order chi connectivity index (χ1) is 19.1. The molecule has 0 spiro atoms. The molecule has 0 unspecified atom stereocenters. The number of nitrogens with two attached hydrogens (primary N) is 1. The summed E-state index contributed by atoms with van der Waals surface area (Å²) in [6, 6.07) is 12.1. The molecule has 0 bridgehead atoms. The van der Waals surface area contributed by atoms with E-state index in [1.54, 1.807) is 30.5 Å². The average molecular weight is 549 g/mol. The van der Waals surface area contributed by atoms with Crippen LogP contribution in [0.1, 0.15) is 64.8 Å². The highest BCUT2D eigenvalue weighted by molar-refractivity contribution is 5.95. The van der Waals surface area contributed by atoms with Gasteiger partial charge in [-0.1, -0.05) is 36.4 Å². The van der Waals surface area contributed by atoms with Crippen molar-refractivity contribution in [3.8, 4) is 11.1 Å². The van der Waals surface area contributed by atoms with Gasteiger partial charge in [-0.15, -0.1) is 0 Å². The quantitative estimate of drug-likeness (QED) is 0.394. The third-order valence-corrected chi connectivity index (χ3v) is 7.55. The van der Waals surface area contributed by atoms with Gasteiger partial charge in [0.25, 0.3) is 5.91 Å². The molecule has 208 valence electrons. The lowest BCUT2D eigenvalue weighted by atomic mass is 9.95. The van der Waals surface area contributed by atoms with Gasteiger partial charge in [-0.3, -0.25) is 14.6 Å². The Morgan fingerprint density at radius 3 is 2.45 bits per heavy atom. The number of alkyl halides is 3. The lowest BCUT2D eigenvalue weighted by Crippen LogP contribution is -2.35. The first kappa shape index (κ1) is 27.6. The second kappa shape index (κ2) is 11.3. The van der Waals surface area contributed by atoms with Crippen LogP contribution in [0.3, 0.4) is 0 Å². The van der Waals surface area contributed by atoms with Crippen molar-refractivity contribution in [3.63, 3.8) is 0 Å². The lowest BCUT2D eigenvalue weighted by molar-refractivity contribution is -0.137. The van der Waals surface area contributed by atoms with Gasteiger partial charge in [0.15, 0.2) is 0 Å². The van der Waals surface area contributed by atoms with Crippen molar-refractivity contribution in [1.82, 2.24) is 15.2 Å². The van der Waals surface area contributed by atoms with E-state index in [0.29, 0.717) is 41.8 Å². The van der Waals surface area contributed by atoms with Crippen molar-refractivity contribution in [2.24, 2.45) is 11.7 Å². The standard InChI is InChI=1S/C31H31F3N4O2/c1-19(20-2-4-22(5-3-20)28-15-27(31(32,33)34)9-8-24(28)16-35)37-29(39)26-14-25(17-36-18-26)21-10-12-38(13-11-21)30(40)23-6-7-23/h2-5,8-10,14-15,17-19,23H,6-7,11-13,16,35H2,1H3,(H,37,39)/t19-/m1/s1. The molecule has 1 aliphatic carbocycles. The maximum Gasteiger partial charge on any atom is 0.416 e. The number of amides is 2. The molecule has 5 rings (SSSR count). The van der Waals surface area contributed by atoms with Gasteiger partial charge in [0.2, 0.25) is 5.91 Å². The number of carbonyl (C=O) groups excluding carboxylic acids is 2. The van der Waals surface area contributed by atoms with Gasteiger partial charge >= 0.3 is 6.18 Å². The van der Waals surface area contributed by atoms with Gasteiger partial charge in [0.1, 0.15) is 0 Å². The minimum Gasteiger partial charge on any atom is -0.345 e. The first-order valence-electron chi connectivity index (χ1n) is 13.4. The molecular weight excluding hydrogens is 517 g/mol. The van der Waals surface area contributed by atoms with Crippen LogP contribution in [0.25, 0.3) is 16.7 Å². The van der Waals surface area contributed by atoms with Gasteiger partial charge in [-0.25, -0.2) is 0 Å². The third kappa shape index (κ3) is 6.09. The van der Waals surface area contributed by atoms with E-state index in [9.17, 15) is 22.8 Å². The fourth-order valence-electron chi connectivity index (χ4n) is 4.97. The van der Waals surface area contributed by atoms with Gasteiger partial charge in [-0.2, -0.15) is 13.2 Å². The fourth-order valence-corrected chi connectivity index (χ4v) is 4.97. The van der Waals surface area contributed by atoms with Crippen LogP contribution < -0.4 is 11.1 Å². The van der Waals surface area contributed by atoms with Gasteiger partial charge in [-0.05, 0) is 77.8 Å². The number of hydrogen-bond acceptors (Lipinski definition) is 4. The SMILES string of the molecule is C[C@@H](NC(=O)c1cncc(C2=CCN(C(=O)C3CC3)CC2)c1)c1ccc(-c2cc(C(F)(F)F)ccc2CN)cc1. The number of aromatic nitrogens is 1. The summed E-state index contributed by atoms with van der Waals surface area (Å²) in [5.41, 5.74) is 9.86. The number of benzene rings is 2. The molecule has 3 aromatic rings. The highest BCUT2D eigenvalue weighted by Gasteiger charge is 2.34. The van der Waals surface area contributed by atoms with E-state index in [-0.39, 0.29) is 30.3 Å². The Balaban J connectivity index is 1.26. The Bertz CT molecular complexity index is 1450. The van der Waals surface area contributed by atoms with Crippen molar-refractivity contribution in [2.75, 3.05) is 13.1 Å². The van der Waals surface area contributed by atoms with Crippen molar-refractivity contribution < 1.29 is 22.8 Å². The molecule has 1 atom stereocenters. The normalized spacial score (nSPS) is 16.3. The zero-order valence-electron chi connectivity index (χ0n) is 22.2. The van der Waals surface area contributed by atoms with Crippen molar-refractivity contribution in [1.29, 1.82) is 0 Å². The minimum absolute atomic E-state index is 0.114. The second-order valence-electron chi connectivity index (χ2n) is 10.4. The topological polar surface area (TPSA) is 88.3 Å². The van der Waals surface area contributed by atoms with Crippen molar-refractivity contribution in [3.05, 3.63) is 94.8 Å². The monoisotopic (exact) mass is 548 g/mol. The summed E-state index contributed by atoms with van der Waals surface area (Å²) in [4.78, 5) is 31.5. The molecule has 9 heteroatoms. The second-order valence-corrected chi connectivity index (χ2v) is 10.4. The summed E-state index contributed by atoms with van der Waals surface area (Å²) in [7, 11) is 0. The Morgan fingerprint density at radius 2 is 1.82 bits per heavy atom. The number of carbonyl (C=O) groups is 2. The molecule has 2 amide bonds. The van der Waals surface area contributed by atoms with E-state index < -0.39 is 11.7 Å². The zero-order chi connectivity index (χ0) is 28.4. The number of halogens is 3. The van der Waals surface area contributed by atoms with E-state index in [4.69, 9.17) is 5.73 Å². The molecule has 40 heavy (non-hydrogen) atoms. The minimum atomic E-state index is -4.45. The summed E-state index contributed by atoms with van der Waals surface area (Å²) in [6.45, 7) is 3.19. The van der Waals surface area contributed by atoms with Crippen LogP contribution in [0.2, 0.25) is 0 Å². The van der Waals surface area contributed by atoms with Crippen LogP contribution in [-0.2, 0) is 17.5 Å². The van der Waals surface area contributed by atoms with E-state index >= 15 is 0 Å². The van der Waals surface area contributed by atoms with Crippen molar-refractivity contribution >= 4 is 17.4 Å². The van der Waals surface area contributed by atoms with Gasteiger partial charge in [0.05, 0.1) is 17.2 Å². The Morgan fingerprint density at radius 1 is 1.07 bits per heavy atom. The third-order valence-electron chi connectivity index (χ3n) is 7.55. The first-order valence-corrected chi connectivity index (χ1v) is 13.4. The largest absolute Gasteiger partial charge is 0.416 e. The molecule has 1 aliphatic heterocycles. The summed E-state index contributed by atoms with van der Waals surface area (Å²) in [5.74, 6) is 0.153. The van der Waals surface area contributed by atoms with Gasteiger partial charge < -0.3 is 16.0 Å². The molecular formula is C31H31F3N4O2. The Kier molecular flexibility index (Phi) is 7.76. The van der Waals surface area contributed by atoms with Crippen LogP contribution in [0.5, 0.6) is 0 Å². The average Bonchev–Trinajstić information content (AvgIpc) is 3.82. The van der Waals surface area contributed by atoms with Crippen molar-refractivity contribution in [2.45, 2.75) is 44.9 Å². The highest BCUT2D eigenvalue weighted by Crippen LogP contribution is 2.35. The smallest absolute Gasteiger partial charge is 0.345 e. The molecule has 2 heterocycles. The molecule has 0 saturated heterocycles. The molecule has 2 aromatic carbocycles. The van der Waals surface area contributed by atoms with Crippen LogP contribution in [0, 0.1) is 5.92 Å². The number of rotatable bonds is 7. The maximum absolute atomic E-state index is 13.3. The summed E-state index contributed by atoms with van der Waals surface area (Å²) < 4.78 is 39.8. The Hall–Kier alpha value is -3.98. The number of nitrogens with zero attached hydrogens (tertiary/aromatic N) is 2. The fraction of sp³-hybridized carbons (Fsp3) is 0.323. The summed E-state index contributed by atoms with van der Waals surface area (Å²) in [6.07, 6.45) is 3.52. The molecule has 1 aromatic heterocycles. The van der Waals surface area contributed by atoms with Crippen LogP contribution >= 0.6 is 0 Å². The summed E-state index contributed by atoms with van der Waals surface area (Å²) in [5, 5.41) is 2.97. The molecule has 1 saturated carbocycles. The predicted octanol–water partition coefficient (Wildman–Crippen LogP) is 5.74. The maximum atomic E-state index is 13.3. The number of pyridine rings is 1. The molecule has 1 fully saturated rings. The molecule has 6 nitrogen and oxygen atoms in total. The van der Waals surface area contributed by atoms with E-state index in [0.717, 1.165) is 41.7 Å². The Labute approximate surface area is 231 Å². The van der Waals surface area contributed by atoms with Crippen LogP contribution in [0.15, 0.2) is 67.0 Å². The predicted molar refractivity (Wildman–Crippen MR) is 147 cm³/mol. The van der Waals surface area contributed by atoms with E-state index in [1.807, 2.05) is 24.0 Å². The van der Waals surface area contributed by atoms with E-state index in [1.165, 1.54) is 12.3 Å². The number of hydrogen-bond donors (Lipinski definition) is 2. The highest BCUT2D eigenvalue weighted by atomic mass is 19.4. The van der Waals surface area contributed by atoms with E-state index in [2.05, 4.69) is 10.3 Å². The molecule has 3 N–H and O–H groups in total. The molecule has 0 radical (unpaired) electrons. The van der Waals surface area contributed by atoms with Crippen LogP contribution in [-0.4, -0.2) is 34.8 Å². The summed E-state index contributed by atoms with van der Waals surface area (Å²) >= 11 is 0. The number of nitrogens with one attached hydrogen (secondary N) is 1. The lowest BCUT2D eigenvalue weighted by Gasteiger charge is -2.26. The van der Waals surface area contributed by atoms with Gasteiger partial charge in [0, 0.05) is 37.9 Å². The molecule has 2 aliphatic rings. The van der Waals surface area contributed by atoms with Crippen LogP contribution in [0.4, 0.5) is 13.2 Å².